The average Bonchev–Trinajstić information content (AvgIpc) is 3.09. The molecule has 0 saturated heterocycles. The first kappa shape index (κ1) is 19.6. The van der Waals surface area contributed by atoms with Crippen LogP contribution in [0.4, 0.5) is 0 Å². The van der Waals surface area contributed by atoms with Gasteiger partial charge in [-0.15, -0.1) is 11.3 Å². The predicted octanol–water partition coefficient (Wildman–Crippen LogP) is 3.06. The van der Waals surface area contributed by atoms with Crippen molar-refractivity contribution in [3.05, 3.63) is 51.7 Å². The van der Waals surface area contributed by atoms with E-state index >= 15 is 0 Å². The zero-order valence-electron chi connectivity index (χ0n) is 14.8. The Morgan fingerprint density at radius 1 is 1.20 bits per heavy atom. The molecule has 136 valence electrons. The Morgan fingerprint density at radius 3 is 2.52 bits per heavy atom. The molecule has 0 aliphatic carbocycles. The van der Waals surface area contributed by atoms with Crippen LogP contribution in [0, 0.1) is 6.92 Å². The molecule has 0 unspecified atom stereocenters. The Hall–Kier alpha value is -1.70. The van der Waals surface area contributed by atoms with Gasteiger partial charge in [0.05, 0.1) is 4.90 Å². The van der Waals surface area contributed by atoms with Crippen LogP contribution < -0.4 is 5.32 Å². The maximum absolute atomic E-state index is 12.6. The van der Waals surface area contributed by atoms with E-state index in [0.717, 1.165) is 12.0 Å². The molecule has 2 aromatic rings. The number of rotatable bonds is 8. The van der Waals surface area contributed by atoms with Gasteiger partial charge < -0.3 is 5.32 Å². The zero-order chi connectivity index (χ0) is 18.4. The highest BCUT2D eigenvalue weighted by atomic mass is 32.2. The van der Waals surface area contributed by atoms with Crippen molar-refractivity contribution in [1.82, 2.24) is 9.62 Å². The monoisotopic (exact) mass is 380 g/mol. The normalized spacial score (nSPS) is 11.7. The van der Waals surface area contributed by atoms with E-state index in [-0.39, 0.29) is 10.8 Å². The summed E-state index contributed by atoms with van der Waals surface area (Å²) in [4.78, 5) is 13.8. The molecule has 0 fully saturated rings. The maximum Gasteiger partial charge on any atom is 0.251 e. The van der Waals surface area contributed by atoms with Crippen LogP contribution in [0.25, 0.3) is 0 Å². The first-order valence-corrected chi connectivity index (χ1v) is 10.6. The van der Waals surface area contributed by atoms with Gasteiger partial charge in [-0.2, -0.15) is 4.31 Å². The summed E-state index contributed by atoms with van der Waals surface area (Å²) in [6.45, 7) is 6.72. The van der Waals surface area contributed by atoms with Crippen LogP contribution in [0.15, 0.2) is 40.6 Å². The lowest BCUT2D eigenvalue weighted by Crippen LogP contribution is -2.31. The van der Waals surface area contributed by atoms with Gasteiger partial charge in [0.15, 0.2) is 0 Å². The molecule has 1 aromatic carbocycles. The van der Waals surface area contributed by atoms with E-state index in [2.05, 4.69) is 5.32 Å². The summed E-state index contributed by atoms with van der Waals surface area (Å²) in [5.41, 5.74) is 1.16. The lowest BCUT2D eigenvalue weighted by Gasteiger charge is -2.19. The molecule has 1 amide bonds. The third kappa shape index (κ3) is 4.68. The molecule has 0 saturated carbocycles. The topological polar surface area (TPSA) is 66.5 Å². The van der Waals surface area contributed by atoms with Crippen molar-refractivity contribution in [1.29, 1.82) is 0 Å². The van der Waals surface area contributed by atoms with E-state index in [0.29, 0.717) is 25.2 Å². The fraction of sp³-hybridized carbons (Fsp3) is 0.389. The Labute approximate surface area is 153 Å². The van der Waals surface area contributed by atoms with E-state index in [1.54, 1.807) is 37.3 Å². The predicted molar refractivity (Wildman–Crippen MR) is 102 cm³/mol. The smallest absolute Gasteiger partial charge is 0.251 e. The number of nitrogens with zero attached hydrogens (tertiary/aromatic N) is 1. The van der Waals surface area contributed by atoms with Crippen LogP contribution in [0.3, 0.4) is 0 Å². The van der Waals surface area contributed by atoms with E-state index < -0.39 is 10.0 Å². The molecule has 1 aromatic heterocycles. The number of carbonyl (C=O) groups is 1. The van der Waals surface area contributed by atoms with Crippen molar-refractivity contribution in [3.63, 3.8) is 0 Å². The third-order valence-corrected chi connectivity index (χ3v) is 7.02. The van der Waals surface area contributed by atoms with Gasteiger partial charge in [-0.05, 0) is 42.5 Å². The Kier molecular flexibility index (Phi) is 6.75. The number of benzene rings is 1. The highest BCUT2D eigenvalue weighted by Gasteiger charge is 2.23. The van der Waals surface area contributed by atoms with Crippen LogP contribution in [0.1, 0.15) is 34.6 Å². The van der Waals surface area contributed by atoms with Gasteiger partial charge in [0, 0.05) is 30.1 Å². The van der Waals surface area contributed by atoms with Gasteiger partial charge in [0.2, 0.25) is 10.0 Å². The Bertz CT molecular complexity index is 811. The summed E-state index contributed by atoms with van der Waals surface area (Å²) in [6, 6.07) is 8.73. The molecule has 0 aliphatic rings. The summed E-state index contributed by atoms with van der Waals surface area (Å²) >= 11 is 1.65. The number of carbonyl (C=O) groups excluding carboxylic acids is 1. The SMILES string of the molecule is CCN(CC)S(=O)(=O)c1ccc(C)c(C(=O)NCCc2cccs2)c1. The molecule has 2 rings (SSSR count). The van der Waals surface area contributed by atoms with E-state index in [1.165, 1.54) is 15.2 Å². The van der Waals surface area contributed by atoms with Crippen LogP contribution in [-0.2, 0) is 16.4 Å². The molecule has 25 heavy (non-hydrogen) atoms. The van der Waals surface area contributed by atoms with Crippen LogP contribution >= 0.6 is 11.3 Å². The van der Waals surface area contributed by atoms with Gasteiger partial charge in [-0.25, -0.2) is 8.42 Å². The number of amides is 1. The largest absolute Gasteiger partial charge is 0.352 e. The lowest BCUT2D eigenvalue weighted by molar-refractivity contribution is 0.0953. The van der Waals surface area contributed by atoms with Crippen molar-refractivity contribution in [2.24, 2.45) is 0 Å². The summed E-state index contributed by atoms with van der Waals surface area (Å²) in [7, 11) is -3.57. The molecule has 1 N–H and O–H groups in total. The second-order valence-electron chi connectivity index (χ2n) is 5.65. The van der Waals surface area contributed by atoms with Crippen molar-refractivity contribution in [2.75, 3.05) is 19.6 Å². The third-order valence-electron chi connectivity index (χ3n) is 4.03. The molecular formula is C18H24N2O3S2. The number of nitrogens with one attached hydrogen (secondary N) is 1. The zero-order valence-corrected chi connectivity index (χ0v) is 16.4. The summed E-state index contributed by atoms with van der Waals surface area (Å²) < 4.78 is 26.7. The summed E-state index contributed by atoms with van der Waals surface area (Å²) in [5, 5.41) is 4.88. The van der Waals surface area contributed by atoms with Crippen molar-refractivity contribution in [3.8, 4) is 0 Å². The van der Waals surface area contributed by atoms with Crippen LogP contribution in [0.5, 0.6) is 0 Å². The molecule has 0 radical (unpaired) electrons. The molecular weight excluding hydrogens is 356 g/mol. The minimum Gasteiger partial charge on any atom is -0.352 e. The lowest BCUT2D eigenvalue weighted by atomic mass is 10.1. The number of hydrogen-bond acceptors (Lipinski definition) is 4. The quantitative estimate of drug-likeness (QED) is 0.765. The van der Waals surface area contributed by atoms with Crippen LogP contribution in [0.2, 0.25) is 0 Å². The number of aryl methyl sites for hydroxylation is 1. The summed E-state index contributed by atoms with van der Waals surface area (Å²) in [5.74, 6) is -0.245. The highest BCUT2D eigenvalue weighted by Crippen LogP contribution is 2.19. The molecule has 0 spiro atoms. The average molecular weight is 381 g/mol. The molecule has 7 heteroatoms. The summed E-state index contributed by atoms with van der Waals surface area (Å²) in [6.07, 6.45) is 0.764. The molecule has 1 heterocycles. The first-order valence-electron chi connectivity index (χ1n) is 8.31. The number of hydrogen-bond donors (Lipinski definition) is 1. The second-order valence-corrected chi connectivity index (χ2v) is 8.62. The van der Waals surface area contributed by atoms with Crippen molar-refractivity contribution >= 4 is 27.3 Å². The maximum atomic E-state index is 12.6. The highest BCUT2D eigenvalue weighted by molar-refractivity contribution is 7.89. The molecule has 5 nitrogen and oxygen atoms in total. The number of thiophene rings is 1. The fourth-order valence-electron chi connectivity index (χ4n) is 2.57. The van der Waals surface area contributed by atoms with Gasteiger partial charge in [0.1, 0.15) is 0 Å². The van der Waals surface area contributed by atoms with Crippen molar-refractivity contribution < 1.29 is 13.2 Å². The van der Waals surface area contributed by atoms with Gasteiger partial charge in [-0.1, -0.05) is 26.0 Å². The van der Waals surface area contributed by atoms with E-state index in [9.17, 15) is 13.2 Å². The van der Waals surface area contributed by atoms with E-state index in [1.807, 2.05) is 24.4 Å². The second kappa shape index (κ2) is 8.60. The van der Waals surface area contributed by atoms with Crippen LogP contribution in [-0.4, -0.2) is 38.3 Å². The molecule has 0 bridgehead atoms. The van der Waals surface area contributed by atoms with Gasteiger partial charge >= 0.3 is 0 Å². The van der Waals surface area contributed by atoms with Crippen molar-refractivity contribution in [2.45, 2.75) is 32.1 Å². The Morgan fingerprint density at radius 2 is 1.92 bits per heavy atom. The fourth-order valence-corrected chi connectivity index (χ4v) is 4.76. The molecule has 0 aliphatic heterocycles. The standard InChI is InChI=1S/C18H24N2O3S2/c1-4-20(5-2)25(22,23)16-9-8-14(3)17(13-16)18(21)19-11-10-15-7-6-12-24-15/h6-9,12-13H,4-5,10-11H2,1-3H3,(H,19,21). The first-order chi connectivity index (χ1) is 11.9. The van der Waals surface area contributed by atoms with E-state index in [4.69, 9.17) is 0 Å². The Balaban J connectivity index is 2.16. The van der Waals surface area contributed by atoms with Gasteiger partial charge in [-0.3, -0.25) is 4.79 Å². The van der Waals surface area contributed by atoms with Gasteiger partial charge in [0.25, 0.3) is 5.91 Å². The minimum absolute atomic E-state index is 0.158. The number of sulfonamides is 1. The minimum atomic E-state index is -3.57. The molecule has 0 atom stereocenters.